The van der Waals surface area contributed by atoms with Gasteiger partial charge in [-0.25, -0.2) is 18.2 Å². The van der Waals surface area contributed by atoms with Gasteiger partial charge >= 0.3 is 6.09 Å². The van der Waals surface area contributed by atoms with Gasteiger partial charge in [-0.05, 0) is 76.3 Å². The van der Waals surface area contributed by atoms with E-state index in [1.165, 1.54) is 4.90 Å². The lowest BCUT2D eigenvalue weighted by atomic mass is 9.93. The average molecular weight is 787 g/mol. The van der Waals surface area contributed by atoms with Gasteiger partial charge in [-0.2, -0.15) is 0 Å². The number of ether oxygens (including phenoxy) is 1. The van der Waals surface area contributed by atoms with Gasteiger partial charge in [0.15, 0.2) is 0 Å². The topological polar surface area (TPSA) is 184 Å². The van der Waals surface area contributed by atoms with Crippen molar-refractivity contribution in [1.82, 2.24) is 30.1 Å². The number of amides is 5. The van der Waals surface area contributed by atoms with Crippen molar-refractivity contribution in [3.05, 3.63) is 66.4 Å². The zero-order chi connectivity index (χ0) is 39.0. The lowest BCUT2D eigenvalue weighted by molar-refractivity contribution is -0.142. The van der Waals surface area contributed by atoms with Crippen LogP contribution >= 0.6 is 0 Å². The first kappa shape index (κ1) is 38.1. The van der Waals surface area contributed by atoms with Crippen LogP contribution in [0, 0.1) is 17.8 Å². The van der Waals surface area contributed by atoms with Gasteiger partial charge in [-0.1, -0.05) is 61.4 Å². The number of rotatable bonds is 7. The van der Waals surface area contributed by atoms with Crippen LogP contribution in [0.15, 0.2) is 60.7 Å². The first-order valence-corrected chi connectivity index (χ1v) is 21.7. The molecular weight excluding hydrogens is 737 g/mol. The molecular formula is C41H50N6O8S. The number of hydrogen-bond acceptors (Lipinski definition) is 9. The van der Waals surface area contributed by atoms with E-state index in [0.717, 1.165) is 44.1 Å². The number of aromatic nitrogens is 1. The number of hydrogen-bond donors (Lipinski definition) is 3. The lowest BCUT2D eigenvalue weighted by Gasteiger charge is -2.33. The molecule has 3 aliphatic heterocycles. The maximum absolute atomic E-state index is 14.7. The van der Waals surface area contributed by atoms with E-state index in [1.807, 2.05) is 48.6 Å². The van der Waals surface area contributed by atoms with Crippen molar-refractivity contribution in [2.24, 2.45) is 17.8 Å². The zero-order valence-electron chi connectivity index (χ0n) is 31.4. The lowest BCUT2D eigenvalue weighted by Crippen LogP contribution is -2.60. The quantitative estimate of drug-likeness (QED) is 0.353. The summed E-state index contributed by atoms with van der Waals surface area (Å²) in [4.78, 5) is 78.1. The van der Waals surface area contributed by atoms with Gasteiger partial charge in [0.25, 0.3) is 11.8 Å². The maximum Gasteiger partial charge on any atom is 0.408 e. The number of carbonyl (C=O) groups excluding carboxylic acids is 5. The first-order chi connectivity index (χ1) is 27.0. The predicted octanol–water partition coefficient (Wildman–Crippen LogP) is 3.69. The Morgan fingerprint density at radius 1 is 0.875 bits per heavy atom. The fourth-order valence-electron chi connectivity index (χ4n) is 9.06. The largest absolute Gasteiger partial charge is 0.446 e. The molecule has 5 amide bonds. The summed E-state index contributed by atoms with van der Waals surface area (Å²) < 4.78 is 33.8. The van der Waals surface area contributed by atoms with Crippen LogP contribution in [0.1, 0.15) is 87.5 Å². The van der Waals surface area contributed by atoms with Crippen LogP contribution in [0.3, 0.4) is 0 Å². The molecule has 3 aliphatic carbocycles. The van der Waals surface area contributed by atoms with Gasteiger partial charge in [-0.15, -0.1) is 0 Å². The number of pyridine rings is 1. The highest BCUT2D eigenvalue weighted by Gasteiger charge is 2.63. The van der Waals surface area contributed by atoms with Crippen molar-refractivity contribution in [2.75, 3.05) is 19.6 Å². The molecule has 4 heterocycles. The fraction of sp³-hybridized carbons (Fsp3) is 0.561. The molecule has 1 aromatic carbocycles. The summed E-state index contributed by atoms with van der Waals surface area (Å²) in [5, 5.41) is 5.14. The van der Waals surface area contributed by atoms with Gasteiger partial charge in [0.05, 0.1) is 10.9 Å². The van der Waals surface area contributed by atoms with Crippen LogP contribution in [0.5, 0.6) is 0 Å². The normalized spacial score (nSPS) is 30.2. The molecule has 15 heteroatoms. The van der Waals surface area contributed by atoms with Crippen molar-refractivity contribution in [3.63, 3.8) is 0 Å². The van der Waals surface area contributed by atoms with Crippen molar-refractivity contribution < 1.29 is 37.1 Å². The number of alkyl carbamates (subject to hydrolysis) is 1. The molecule has 0 spiro atoms. The molecule has 8 rings (SSSR count). The summed E-state index contributed by atoms with van der Waals surface area (Å²) >= 11 is 0. The van der Waals surface area contributed by atoms with E-state index in [-0.39, 0.29) is 49.7 Å². The van der Waals surface area contributed by atoms with Crippen LogP contribution in [0.4, 0.5) is 4.79 Å². The Kier molecular flexibility index (Phi) is 10.6. The molecule has 56 heavy (non-hydrogen) atoms. The third-order valence-corrected chi connectivity index (χ3v) is 14.2. The Morgan fingerprint density at radius 3 is 2.41 bits per heavy atom. The molecule has 298 valence electrons. The SMILES string of the molecule is O=C(N[C@H]1CCCCC/C=C\[C@H]2C[C@@]2(C(=O)NS(=O)(=O)C2CC2)NC(=O)[C@@H]2[C@H]3CN(C(=O)c4cccc(-c5ccccc5)n4)C[C@H]3CN2C1=O)OC1CCCC1. The Bertz CT molecular complexity index is 2000. The summed E-state index contributed by atoms with van der Waals surface area (Å²) in [5.74, 6) is -3.31. The number of allylic oxidation sites excluding steroid dienone is 1. The minimum Gasteiger partial charge on any atom is -0.446 e. The first-order valence-electron chi connectivity index (χ1n) is 20.2. The van der Waals surface area contributed by atoms with Gasteiger partial charge < -0.3 is 25.2 Å². The Balaban J connectivity index is 1.07. The number of nitrogens with one attached hydrogen (secondary N) is 3. The van der Waals surface area contributed by atoms with E-state index < -0.39 is 68.5 Å². The number of carbonyl (C=O) groups is 5. The van der Waals surface area contributed by atoms with Crippen molar-refractivity contribution >= 4 is 39.7 Å². The number of nitrogens with zero attached hydrogens (tertiary/aromatic N) is 3. The Morgan fingerprint density at radius 2 is 1.64 bits per heavy atom. The second-order valence-corrected chi connectivity index (χ2v) is 18.3. The molecule has 2 saturated heterocycles. The minimum atomic E-state index is -3.90. The molecule has 0 radical (unpaired) electrons. The molecule has 6 atom stereocenters. The summed E-state index contributed by atoms with van der Waals surface area (Å²) in [6, 6.07) is 12.8. The van der Waals surface area contributed by atoms with Crippen molar-refractivity contribution in [3.8, 4) is 11.3 Å². The van der Waals surface area contributed by atoms with E-state index >= 15 is 0 Å². The number of fused-ring (bicyclic) bond motifs is 4. The number of likely N-dealkylation sites (tertiary alicyclic amines) is 1. The van der Waals surface area contributed by atoms with E-state index in [4.69, 9.17) is 4.74 Å². The van der Waals surface area contributed by atoms with Gasteiger partial charge in [0.2, 0.25) is 21.8 Å². The maximum atomic E-state index is 14.7. The molecule has 0 bridgehead atoms. The van der Waals surface area contributed by atoms with E-state index in [0.29, 0.717) is 37.8 Å². The third-order valence-electron chi connectivity index (χ3n) is 12.4. The average Bonchev–Trinajstić information content (AvgIpc) is 4.01. The van der Waals surface area contributed by atoms with Gasteiger partial charge in [-0.3, -0.25) is 23.9 Å². The molecule has 0 unspecified atom stereocenters. The highest BCUT2D eigenvalue weighted by atomic mass is 32.2. The molecule has 3 saturated carbocycles. The van der Waals surface area contributed by atoms with E-state index in [9.17, 15) is 32.4 Å². The second kappa shape index (κ2) is 15.6. The predicted molar refractivity (Wildman–Crippen MR) is 205 cm³/mol. The van der Waals surface area contributed by atoms with Crippen LogP contribution in [0.25, 0.3) is 11.3 Å². The molecule has 1 aromatic heterocycles. The molecule has 6 aliphatic rings. The Labute approximate surface area is 327 Å². The van der Waals surface area contributed by atoms with Crippen LogP contribution in [-0.2, 0) is 29.1 Å². The van der Waals surface area contributed by atoms with Gasteiger partial charge in [0, 0.05) is 43.0 Å². The Hall–Kier alpha value is -4.79. The number of benzene rings is 1. The summed E-state index contributed by atoms with van der Waals surface area (Å²) in [7, 11) is -3.90. The molecule has 2 aromatic rings. The third kappa shape index (κ3) is 7.91. The minimum absolute atomic E-state index is 0.150. The monoisotopic (exact) mass is 786 g/mol. The standard InChI is InChI=1S/C41H50N6O8S/c48-36-35-31-25-46(37(49)33-19-11-18-32(42-33)26-12-5-4-6-13-26)23-27(31)24-47(35)38(50)34(43-40(52)55-29-15-9-10-16-29)17-8-3-1-2-7-14-28-22-41(28,44-36)39(51)45-56(53,54)30-20-21-30/h4-7,11-14,18-19,27-31,34-35H,1-3,8-10,15-17,20-25H2,(H,43,52)(H,44,48)(H,45,51)/b14-7-/t27-,28-,31-,34-,35-,41+/m0/s1. The summed E-state index contributed by atoms with van der Waals surface area (Å²) in [5.41, 5.74) is 0.268. The highest BCUT2D eigenvalue weighted by molar-refractivity contribution is 7.91. The van der Waals surface area contributed by atoms with Crippen molar-refractivity contribution in [1.29, 1.82) is 0 Å². The molecule has 5 fully saturated rings. The van der Waals surface area contributed by atoms with E-state index in [2.05, 4.69) is 20.3 Å². The molecule has 14 nitrogen and oxygen atoms in total. The summed E-state index contributed by atoms with van der Waals surface area (Å²) in [6.07, 6.45) is 10.9. The van der Waals surface area contributed by atoms with Crippen LogP contribution in [-0.4, -0.2) is 102 Å². The second-order valence-electron chi connectivity index (χ2n) is 16.4. The number of sulfonamides is 1. The highest BCUT2D eigenvalue weighted by Crippen LogP contribution is 2.47. The fourth-order valence-corrected chi connectivity index (χ4v) is 10.4. The van der Waals surface area contributed by atoms with Crippen LogP contribution in [0.2, 0.25) is 0 Å². The molecule has 3 N–H and O–H groups in total. The smallest absolute Gasteiger partial charge is 0.408 e. The summed E-state index contributed by atoms with van der Waals surface area (Å²) in [6.45, 7) is 0.576. The van der Waals surface area contributed by atoms with Crippen LogP contribution < -0.4 is 15.4 Å². The zero-order valence-corrected chi connectivity index (χ0v) is 32.3. The van der Waals surface area contributed by atoms with Crippen molar-refractivity contribution in [2.45, 2.75) is 106 Å². The van der Waals surface area contributed by atoms with E-state index in [1.54, 1.807) is 17.0 Å². The van der Waals surface area contributed by atoms with Gasteiger partial charge in [0.1, 0.15) is 29.4 Å².